The Balaban J connectivity index is 1.96. The highest BCUT2D eigenvalue weighted by molar-refractivity contribution is 7.89. The van der Waals surface area contributed by atoms with Gasteiger partial charge in [0, 0.05) is 6.54 Å². The number of esters is 1. The Morgan fingerprint density at radius 3 is 2.40 bits per heavy atom. The molecule has 0 amide bonds. The number of rotatable bonds is 7. The molecule has 1 N–H and O–H groups in total. The van der Waals surface area contributed by atoms with E-state index < -0.39 is 16.0 Å². The lowest BCUT2D eigenvalue weighted by Crippen LogP contribution is -2.28. The number of sulfonamides is 1. The van der Waals surface area contributed by atoms with Crippen molar-refractivity contribution >= 4 is 16.0 Å². The summed E-state index contributed by atoms with van der Waals surface area (Å²) in [6.45, 7) is 4.24. The third kappa shape index (κ3) is 5.30. The molecule has 2 aromatic rings. The van der Waals surface area contributed by atoms with Crippen LogP contribution in [0.2, 0.25) is 0 Å². The van der Waals surface area contributed by atoms with Crippen molar-refractivity contribution in [3.05, 3.63) is 59.2 Å². The van der Waals surface area contributed by atoms with E-state index >= 15 is 0 Å². The van der Waals surface area contributed by atoms with Gasteiger partial charge in [-0.2, -0.15) is 0 Å². The van der Waals surface area contributed by atoms with Gasteiger partial charge in [-0.15, -0.1) is 0 Å². The molecule has 2 rings (SSSR count). The Labute approximate surface area is 147 Å². The average Bonchev–Trinajstić information content (AvgIpc) is 2.57. The molecule has 7 heteroatoms. The Morgan fingerprint density at radius 2 is 1.76 bits per heavy atom. The third-order valence-corrected chi connectivity index (χ3v) is 4.88. The molecule has 0 fully saturated rings. The first kappa shape index (κ1) is 19.0. The van der Waals surface area contributed by atoms with Crippen LogP contribution < -0.4 is 9.46 Å². The molecule has 0 spiro atoms. The standard InChI is InChI=1S/C18H21NO5S/c1-13-9-14(2)11-16(10-13)24-8-7-19-25(21,22)17-6-4-5-15(12-17)18(20)23-3/h4-6,9-12,19H,7-8H2,1-3H3. The van der Waals surface area contributed by atoms with Gasteiger partial charge in [-0.1, -0.05) is 12.1 Å². The number of hydrogen-bond acceptors (Lipinski definition) is 5. The minimum Gasteiger partial charge on any atom is -0.492 e. The SMILES string of the molecule is COC(=O)c1cccc(S(=O)(=O)NCCOc2cc(C)cc(C)c2)c1. The smallest absolute Gasteiger partial charge is 0.337 e. The zero-order chi connectivity index (χ0) is 18.4. The van der Waals surface area contributed by atoms with Crippen LogP contribution in [0.1, 0.15) is 21.5 Å². The van der Waals surface area contributed by atoms with Crippen molar-refractivity contribution in [2.45, 2.75) is 18.7 Å². The summed E-state index contributed by atoms with van der Waals surface area (Å²) in [5.41, 5.74) is 2.34. The Hall–Kier alpha value is -2.38. The van der Waals surface area contributed by atoms with E-state index in [4.69, 9.17) is 4.74 Å². The monoisotopic (exact) mass is 363 g/mol. The molecule has 134 valence electrons. The Kier molecular flexibility index (Phi) is 6.17. The maximum absolute atomic E-state index is 12.3. The maximum Gasteiger partial charge on any atom is 0.337 e. The van der Waals surface area contributed by atoms with Crippen LogP contribution in [-0.4, -0.2) is 34.6 Å². The minimum absolute atomic E-state index is 0.00167. The summed E-state index contributed by atoms with van der Waals surface area (Å²) in [6.07, 6.45) is 0. The highest BCUT2D eigenvalue weighted by Gasteiger charge is 2.16. The van der Waals surface area contributed by atoms with E-state index in [0.29, 0.717) is 5.75 Å². The Bertz CT molecular complexity index is 841. The normalized spacial score (nSPS) is 11.2. The van der Waals surface area contributed by atoms with E-state index in [-0.39, 0.29) is 23.6 Å². The summed E-state index contributed by atoms with van der Waals surface area (Å²) in [5.74, 6) is 0.111. The first-order valence-corrected chi connectivity index (χ1v) is 9.19. The van der Waals surface area contributed by atoms with Gasteiger partial charge in [-0.25, -0.2) is 17.9 Å². The molecule has 0 atom stereocenters. The van der Waals surface area contributed by atoms with E-state index in [9.17, 15) is 13.2 Å². The van der Waals surface area contributed by atoms with Crippen molar-refractivity contribution in [2.75, 3.05) is 20.3 Å². The molecule has 2 aromatic carbocycles. The molecule has 25 heavy (non-hydrogen) atoms. The van der Waals surface area contributed by atoms with Gasteiger partial charge >= 0.3 is 5.97 Å². The second kappa shape index (κ2) is 8.13. The molecule has 0 aliphatic carbocycles. The lowest BCUT2D eigenvalue weighted by Gasteiger charge is -2.10. The fourth-order valence-electron chi connectivity index (χ4n) is 2.35. The van der Waals surface area contributed by atoms with Gasteiger partial charge in [-0.05, 0) is 55.3 Å². The van der Waals surface area contributed by atoms with Crippen LogP contribution in [0.25, 0.3) is 0 Å². The van der Waals surface area contributed by atoms with Crippen LogP contribution in [0.15, 0.2) is 47.4 Å². The largest absolute Gasteiger partial charge is 0.492 e. The first-order chi connectivity index (χ1) is 11.8. The fourth-order valence-corrected chi connectivity index (χ4v) is 3.41. The van der Waals surface area contributed by atoms with E-state index in [1.54, 1.807) is 0 Å². The summed E-state index contributed by atoms with van der Waals surface area (Å²) in [4.78, 5) is 11.5. The highest BCUT2D eigenvalue weighted by atomic mass is 32.2. The van der Waals surface area contributed by atoms with Gasteiger partial charge < -0.3 is 9.47 Å². The number of carbonyl (C=O) groups is 1. The van der Waals surface area contributed by atoms with Crippen molar-refractivity contribution in [1.29, 1.82) is 0 Å². The molecule has 0 unspecified atom stereocenters. The molecule has 0 aliphatic heterocycles. The van der Waals surface area contributed by atoms with Crippen LogP contribution in [-0.2, 0) is 14.8 Å². The van der Waals surface area contributed by atoms with Gasteiger partial charge in [0.25, 0.3) is 0 Å². The molecule has 6 nitrogen and oxygen atoms in total. The molecule has 0 aliphatic rings. The molecular weight excluding hydrogens is 342 g/mol. The molecular formula is C18H21NO5S. The predicted octanol–water partition coefficient (Wildman–Crippen LogP) is 2.45. The summed E-state index contributed by atoms with van der Waals surface area (Å²) >= 11 is 0. The number of benzene rings is 2. The highest BCUT2D eigenvalue weighted by Crippen LogP contribution is 2.16. The summed E-state index contributed by atoms with van der Waals surface area (Å²) in [5, 5.41) is 0. The zero-order valence-electron chi connectivity index (χ0n) is 14.4. The summed E-state index contributed by atoms with van der Waals surface area (Å²) in [7, 11) is -2.49. The number of hydrogen-bond donors (Lipinski definition) is 1. The van der Waals surface area contributed by atoms with Crippen LogP contribution in [0.3, 0.4) is 0 Å². The topological polar surface area (TPSA) is 81.7 Å². The fraction of sp³-hybridized carbons (Fsp3) is 0.278. The summed E-state index contributed by atoms with van der Waals surface area (Å²) in [6, 6.07) is 11.5. The quantitative estimate of drug-likeness (QED) is 0.604. The second-order valence-electron chi connectivity index (χ2n) is 5.59. The number of ether oxygens (including phenoxy) is 2. The van der Waals surface area contributed by atoms with Crippen molar-refractivity contribution in [2.24, 2.45) is 0 Å². The number of methoxy groups -OCH3 is 1. The maximum atomic E-state index is 12.3. The van der Waals surface area contributed by atoms with Crippen LogP contribution in [0, 0.1) is 13.8 Å². The minimum atomic E-state index is -3.73. The Morgan fingerprint density at radius 1 is 1.08 bits per heavy atom. The van der Waals surface area contributed by atoms with Gasteiger partial charge in [0.05, 0.1) is 17.6 Å². The zero-order valence-corrected chi connectivity index (χ0v) is 15.2. The van der Waals surface area contributed by atoms with Crippen LogP contribution >= 0.6 is 0 Å². The second-order valence-corrected chi connectivity index (χ2v) is 7.36. The number of nitrogens with one attached hydrogen (secondary N) is 1. The first-order valence-electron chi connectivity index (χ1n) is 7.71. The van der Waals surface area contributed by atoms with Gasteiger partial charge in [0.15, 0.2) is 0 Å². The van der Waals surface area contributed by atoms with Gasteiger partial charge in [0.1, 0.15) is 12.4 Å². The molecule has 0 bridgehead atoms. The van der Waals surface area contributed by atoms with Crippen LogP contribution in [0.5, 0.6) is 5.75 Å². The molecule has 0 radical (unpaired) electrons. The average molecular weight is 363 g/mol. The lowest BCUT2D eigenvalue weighted by molar-refractivity contribution is 0.0600. The summed E-state index contributed by atoms with van der Waals surface area (Å²) < 4.78 is 37.2. The van der Waals surface area contributed by atoms with Crippen molar-refractivity contribution < 1.29 is 22.7 Å². The van der Waals surface area contributed by atoms with Crippen molar-refractivity contribution in [3.63, 3.8) is 0 Å². The molecule has 0 saturated heterocycles. The molecule has 0 heterocycles. The number of carbonyl (C=O) groups excluding carboxylic acids is 1. The molecule has 0 saturated carbocycles. The third-order valence-electron chi connectivity index (χ3n) is 3.42. The lowest BCUT2D eigenvalue weighted by atomic mass is 10.1. The van der Waals surface area contributed by atoms with Gasteiger partial charge in [0.2, 0.25) is 10.0 Å². The molecule has 0 aromatic heterocycles. The van der Waals surface area contributed by atoms with E-state index in [1.165, 1.54) is 31.4 Å². The van der Waals surface area contributed by atoms with Gasteiger partial charge in [-0.3, -0.25) is 0 Å². The van der Waals surface area contributed by atoms with Crippen molar-refractivity contribution in [1.82, 2.24) is 4.72 Å². The van der Waals surface area contributed by atoms with Crippen LogP contribution in [0.4, 0.5) is 0 Å². The van der Waals surface area contributed by atoms with E-state index in [1.807, 2.05) is 32.0 Å². The van der Waals surface area contributed by atoms with Crippen molar-refractivity contribution in [3.8, 4) is 5.75 Å². The van der Waals surface area contributed by atoms with E-state index in [0.717, 1.165) is 11.1 Å². The predicted molar refractivity (Wildman–Crippen MR) is 94.4 cm³/mol. The van der Waals surface area contributed by atoms with E-state index in [2.05, 4.69) is 9.46 Å². The number of aryl methyl sites for hydroxylation is 2.